The average Bonchev–Trinajstić information content (AvgIpc) is 2.27. The van der Waals surface area contributed by atoms with Crippen LogP contribution in [0.1, 0.15) is 45.4 Å². The Morgan fingerprint density at radius 3 is 2.41 bits per heavy atom. The summed E-state index contributed by atoms with van der Waals surface area (Å²) < 4.78 is 28.1. The quantitative estimate of drug-likeness (QED) is 0.728. The highest BCUT2D eigenvalue weighted by Gasteiger charge is 2.47. The van der Waals surface area contributed by atoms with Gasteiger partial charge in [-0.2, -0.15) is 0 Å². The highest BCUT2D eigenvalue weighted by molar-refractivity contribution is 7.92. The third-order valence-corrected chi connectivity index (χ3v) is 6.04. The molecule has 0 unspecified atom stereocenters. The van der Waals surface area contributed by atoms with Gasteiger partial charge in [-0.1, -0.05) is 13.3 Å². The molecule has 0 aromatic carbocycles. The van der Waals surface area contributed by atoms with Crippen LogP contribution in [-0.4, -0.2) is 26.5 Å². The van der Waals surface area contributed by atoms with E-state index in [-0.39, 0.29) is 5.41 Å². The third-order valence-electron chi connectivity index (χ3n) is 3.94. The molecule has 1 aliphatic carbocycles. The Balaban J connectivity index is 1.81. The minimum atomic E-state index is -2.76. The molecule has 0 atom stereocenters. The Bertz CT molecular complexity index is 375. The molecule has 0 radical (unpaired) electrons. The summed E-state index contributed by atoms with van der Waals surface area (Å²) in [6.07, 6.45) is 8.94. The Morgan fingerprint density at radius 2 is 1.88 bits per heavy atom. The topological polar surface area (TPSA) is 43.4 Å². The standard InChI is InChI=1S/C13H22O3S/c1-2-13(10-17(14,15)11-13)9-16-8-12-6-4-3-5-7-12/h8H,2-7,9-11H2,1H3. The monoisotopic (exact) mass is 258 g/mol. The van der Waals surface area contributed by atoms with Crippen LogP contribution in [0.15, 0.2) is 11.8 Å². The fraction of sp³-hybridized carbons (Fsp3) is 0.846. The van der Waals surface area contributed by atoms with E-state index in [1.807, 2.05) is 13.2 Å². The predicted octanol–water partition coefficient (Wildman–Crippen LogP) is 2.68. The first-order valence-electron chi connectivity index (χ1n) is 6.55. The molecular formula is C13H22O3S. The van der Waals surface area contributed by atoms with E-state index in [1.54, 1.807) is 0 Å². The van der Waals surface area contributed by atoms with E-state index in [0.29, 0.717) is 18.1 Å². The number of sulfone groups is 1. The minimum absolute atomic E-state index is 0.107. The van der Waals surface area contributed by atoms with Crippen LogP contribution in [0.4, 0.5) is 0 Å². The van der Waals surface area contributed by atoms with Crippen LogP contribution >= 0.6 is 0 Å². The zero-order valence-electron chi connectivity index (χ0n) is 10.6. The minimum Gasteiger partial charge on any atom is -0.501 e. The molecule has 17 heavy (non-hydrogen) atoms. The summed E-state index contributed by atoms with van der Waals surface area (Å²) in [5.74, 6) is 0.610. The molecular weight excluding hydrogens is 236 g/mol. The summed E-state index contributed by atoms with van der Waals surface area (Å²) >= 11 is 0. The molecule has 0 spiro atoms. The Labute approximate surface area is 104 Å². The second-order valence-corrected chi connectivity index (χ2v) is 7.60. The molecule has 2 rings (SSSR count). The van der Waals surface area contributed by atoms with E-state index in [9.17, 15) is 8.42 Å². The molecule has 0 N–H and O–H groups in total. The Morgan fingerprint density at radius 1 is 1.24 bits per heavy atom. The molecule has 0 bridgehead atoms. The van der Waals surface area contributed by atoms with Crippen molar-refractivity contribution in [3.05, 3.63) is 11.8 Å². The van der Waals surface area contributed by atoms with Crippen LogP contribution in [0.25, 0.3) is 0 Å². The van der Waals surface area contributed by atoms with Gasteiger partial charge in [-0.15, -0.1) is 0 Å². The second-order valence-electron chi connectivity index (χ2n) is 5.53. The molecule has 1 heterocycles. The third kappa shape index (κ3) is 3.24. The van der Waals surface area contributed by atoms with Gasteiger partial charge in [0.25, 0.3) is 0 Å². The van der Waals surface area contributed by atoms with E-state index in [2.05, 4.69) is 0 Å². The van der Waals surface area contributed by atoms with Gasteiger partial charge in [0.15, 0.2) is 9.84 Å². The van der Waals surface area contributed by atoms with Crippen molar-refractivity contribution in [1.82, 2.24) is 0 Å². The summed E-state index contributed by atoms with van der Waals surface area (Å²) in [6.45, 7) is 2.61. The normalized spacial score (nSPS) is 26.1. The largest absolute Gasteiger partial charge is 0.501 e. The van der Waals surface area contributed by atoms with Crippen LogP contribution in [-0.2, 0) is 14.6 Å². The molecule has 1 aliphatic heterocycles. The molecule has 4 heteroatoms. The Kier molecular flexibility index (Phi) is 3.81. The highest BCUT2D eigenvalue weighted by atomic mass is 32.2. The van der Waals surface area contributed by atoms with E-state index < -0.39 is 9.84 Å². The lowest BCUT2D eigenvalue weighted by Crippen LogP contribution is -2.50. The van der Waals surface area contributed by atoms with Crippen molar-refractivity contribution >= 4 is 9.84 Å². The smallest absolute Gasteiger partial charge is 0.151 e. The highest BCUT2D eigenvalue weighted by Crippen LogP contribution is 2.36. The maximum Gasteiger partial charge on any atom is 0.151 e. The van der Waals surface area contributed by atoms with Crippen molar-refractivity contribution in [2.45, 2.75) is 45.4 Å². The molecule has 98 valence electrons. The SMILES string of the molecule is CCC1(COC=C2CCCCC2)CS(=O)(=O)C1. The van der Waals surface area contributed by atoms with Crippen molar-refractivity contribution in [3.8, 4) is 0 Å². The lowest BCUT2D eigenvalue weighted by molar-refractivity contribution is 0.124. The predicted molar refractivity (Wildman–Crippen MR) is 68.5 cm³/mol. The number of hydrogen-bond donors (Lipinski definition) is 0. The molecule has 1 saturated carbocycles. The number of ether oxygens (including phenoxy) is 1. The molecule has 0 aromatic heterocycles. The van der Waals surface area contributed by atoms with Crippen molar-refractivity contribution in [2.24, 2.45) is 5.41 Å². The molecule has 0 aromatic rings. The van der Waals surface area contributed by atoms with Crippen LogP contribution in [0.3, 0.4) is 0 Å². The average molecular weight is 258 g/mol. The molecule has 3 nitrogen and oxygen atoms in total. The number of rotatable bonds is 4. The van der Waals surface area contributed by atoms with Gasteiger partial charge in [0.2, 0.25) is 0 Å². The van der Waals surface area contributed by atoms with Crippen LogP contribution < -0.4 is 0 Å². The van der Waals surface area contributed by atoms with Gasteiger partial charge < -0.3 is 4.74 Å². The van der Waals surface area contributed by atoms with Gasteiger partial charge in [-0.3, -0.25) is 0 Å². The zero-order valence-corrected chi connectivity index (χ0v) is 11.4. The summed E-state index contributed by atoms with van der Waals surface area (Å²) in [4.78, 5) is 0. The summed E-state index contributed by atoms with van der Waals surface area (Å²) in [5.41, 5.74) is 1.29. The second kappa shape index (κ2) is 5.01. The van der Waals surface area contributed by atoms with Crippen LogP contribution in [0.5, 0.6) is 0 Å². The van der Waals surface area contributed by atoms with Gasteiger partial charge >= 0.3 is 0 Å². The number of allylic oxidation sites excluding steroid dienone is 1. The van der Waals surface area contributed by atoms with E-state index in [1.165, 1.54) is 24.8 Å². The molecule has 0 amide bonds. The van der Waals surface area contributed by atoms with Gasteiger partial charge in [0, 0.05) is 5.41 Å². The summed E-state index contributed by atoms with van der Waals surface area (Å²) in [6, 6.07) is 0. The van der Waals surface area contributed by atoms with E-state index in [4.69, 9.17) is 4.74 Å². The van der Waals surface area contributed by atoms with Gasteiger partial charge in [0.05, 0.1) is 24.4 Å². The van der Waals surface area contributed by atoms with Crippen molar-refractivity contribution in [1.29, 1.82) is 0 Å². The van der Waals surface area contributed by atoms with Crippen molar-refractivity contribution in [3.63, 3.8) is 0 Å². The first-order valence-corrected chi connectivity index (χ1v) is 8.37. The molecule has 2 aliphatic rings. The molecule has 1 saturated heterocycles. The summed E-state index contributed by atoms with van der Waals surface area (Å²) in [5, 5.41) is 0. The summed E-state index contributed by atoms with van der Waals surface area (Å²) in [7, 11) is -2.76. The fourth-order valence-corrected chi connectivity index (χ4v) is 5.10. The van der Waals surface area contributed by atoms with Gasteiger partial charge in [0.1, 0.15) is 0 Å². The first kappa shape index (κ1) is 12.9. The van der Waals surface area contributed by atoms with Crippen molar-refractivity contribution < 1.29 is 13.2 Å². The first-order chi connectivity index (χ1) is 8.05. The maximum absolute atomic E-state index is 11.3. The zero-order chi connectivity index (χ0) is 12.4. The molecule has 2 fully saturated rings. The van der Waals surface area contributed by atoms with E-state index >= 15 is 0 Å². The van der Waals surface area contributed by atoms with Crippen molar-refractivity contribution in [2.75, 3.05) is 18.1 Å². The van der Waals surface area contributed by atoms with Crippen LogP contribution in [0.2, 0.25) is 0 Å². The van der Waals surface area contributed by atoms with Crippen LogP contribution in [0, 0.1) is 5.41 Å². The van der Waals surface area contributed by atoms with Gasteiger partial charge in [-0.05, 0) is 37.7 Å². The number of hydrogen-bond acceptors (Lipinski definition) is 3. The fourth-order valence-electron chi connectivity index (χ4n) is 2.74. The lowest BCUT2D eigenvalue weighted by atomic mass is 9.90. The lowest BCUT2D eigenvalue weighted by Gasteiger charge is -2.39. The maximum atomic E-state index is 11.3. The van der Waals surface area contributed by atoms with Gasteiger partial charge in [-0.25, -0.2) is 8.42 Å². The van der Waals surface area contributed by atoms with E-state index in [0.717, 1.165) is 19.3 Å². The Hall–Kier alpha value is -0.510.